The third kappa shape index (κ3) is 2.22. The Labute approximate surface area is 104 Å². The Hall–Kier alpha value is -2.63. The van der Waals surface area contributed by atoms with Crippen molar-refractivity contribution in [1.29, 1.82) is 0 Å². The highest BCUT2D eigenvalue weighted by atomic mass is 16.6. The van der Waals surface area contributed by atoms with E-state index in [1.165, 1.54) is 12.1 Å². The third-order valence-electron chi connectivity index (χ3n) is 2.53. The quantitative estimate of drug-likeness (QED) is 0.661. The van der Waals surface area contributed by atoms with E-state index < -0.39 is 4.92 Å². The average molecular weight is 244 g/mol. The summed E-state index contributed by atoms with van der Waals surface area (Å²) in [6, 6.07) is 12.0. The average Bonchev–Trinajstić information content (AvgIpc) is 2.38. The molecule has 92 valence electrons. The van der Waals surface area contributed by atoms with Crippen molar-refractivity contribution in [1.82, 2.24) is 4.98 Å². The predicted octanol–water partition coefficient (Wildman–Crippen LogP) is 2.34. The van der Waals surface area contributed by atoms with Gasteiger partial charge in [-0.3, -0.25) is 10.1 Å². The number of hydrogen-bond acceptors (Lipinski definition) is 5. The molecule has 2 N–H and O–H groups in total. The van der Waals surface area contributed by atoms with Gasteiger partial charge in [0.1, 0.15) is 5.82 Å². The van der Waals surface area contributed by atoms with Gasteiger partial charge in [0.05, 0.1) is 4.92 Å². The molecule has 1 aromatic heterocycles. The van der Waals surface area contributed by atoms with Crippen LogP contribution in [0.3, 0.4) is 0 Å². The second-order valence-electron chi connectivity index (χ2n) is 3.73. The number of aromatic nitrogens is 1. The molecule has 0 aliphatic carbocycles. The van der Waals surface area contributed by atoms with Crippen LogP contribution in [0.15, 0.2) is 42.5 Å². The molecule has 0 unspecified atom stereocenters. The van der Waals surface area contributed by atoms with E-state index in [1.54, 1.807) is 11.9 Å². The van der Waals surface area contributed by atoms with E-state index in [9.17, 15) is 10.1 Å². The molecule has 0 amide bonds. The predicted molar refractivity (Wildman–Crippen MR) is 69.8 cm³/mol. The van der Waals surface area contributed by atoms with Crippen molar-refractivity contribution in [2.45, 2.75) is 0 Å². The molecule has 0 atom stereocenters. The fraction of sp³-hybridized carbons (Fsp3) is 0.0833. The number of nitro groups is 1. The van der Waals surface area contributed by atoms with Crippen LogP contribution in [-0.2, 0) is 0 Å². The number of para-hydroxylation sites is 1. The highest BCUT2D eigenvalue weighted by Gasteiger charge is 2.19. The van der Waals surface area contributed by atoms with Gasteiger partial charge in [0, 0.05) is 18.8 Å². The standard InChI is InChI=1S/C12H12N4O2/c1-15(9-5-3-2-4-6-9)12-10(16(17)18)7-8-11(13)14-12/h2-8H,1H3,(H2,13,14). The van der Waals surface area contributed by atoms with Crippen LogP contribution in [0.4, 0.5) is 23.0 Å². The summed E-state index contributed by atoms with van der Waals surface area (Å²) < 4.78 is 0. The van der Waals surface area contributed by atoms with Gasteiger partial charge in [0.15, 0.2) is 0 Å². The van der Waals surface area contributed by atoms with Crippen LogP contribution in [0.5, 0.6) is 0 Å². The first-order valence-corrected chi connectivity index (χ1v) is 5.29. The first kappa shape index (κ1) is 11.8. The van der Waals surface area contributed by atoms with E-state index >= 15 is 0 Å². The molecule has 1 heterocycles. The molecule has 2 aromatic rings. The summed E-state index contributed by atoms with van der Waals surface area (Å²) in [5.41, 5.74) is 6.31. The van der Waals surface area contributed by atoms with Gasteiger partial charge in [0.25, 0.3) is 0 Å². The van der Waals surface area contributed by atoms with Crippen LogP contribution in [-0.4, -0.2) is 17.0 Å². The molecule has 18 heavy (non-hydrogen) atoms. The van der Waals surface area contributed by atoms with Gasteiger partial charge in [-0.25, -0.2) is 4.98 Å². The summed E-state index contributed by atoms with van der Waals surface area (Å²) in [5, 5.41) is 11.0. The number of rotatable bonds is 3. The SMILES string of the molecule is CN(c1ccccc1)c1nc(N)ccc1[N+](=O)[O-]. The van der Waals surface area contributed by atoms with Crippen molar-refractivity contribution in [2.75, 3.05) is 17.7 Å². The second-order valence-corrected chi connectivity index (χ2v) is 3.73. The van der Waals surface area contributed by atoms with Crippen molar-refractivity contribution in [2.24, 2.45) is 0 Å². The maximum atomic E-state index is 11.0. The first-order valence-electron chi connectivity index (χ1n) is 5.29. The number of nitrogen functional groups attached to an aromatic ring is 1. The summed E-state index contributed by atoms with van der Waals surface area (Å²) >= 11 is 0. The molecule has 0 spiro atoms. The summed E-state index contributed by atoms with van der Waals surface area (Å²) in [5.74, 6) is 0.476. The molecule has 1 aromatic carbocycles. The number of nitrogens with zero attached hydrogens (tertiary/aromatic N) is 3. The van der Waals surface area contributed by atoms with E-state index in [-0.39, 0.29) is 17.3 Å². The minimum atomic E-state index is -0.471. The molecular weight excluding hydrogens is 232 g/mol. The Kier molecular flexibility index (Phi) is 3.09. The summed E-state index contributed by atoms with van der Waals surface area (Å²) in [6.45, 7) is 0. The fourth-order valence-electron chi connectivity index (χ4n) is 1.62. The smallest absolute Gasteiger partial charge is 0.312 e. The highest BCUT2D eigenvalue weighted by molar-refractivity contribution is 5.69. The summed E-state index contributed by atoms with van der Waals surface area (Å²) in [6.07, 6.45) is 0. The van der Waals surface area contributed by atoms with E-state index in [4.69, 9.17) is 5.73 Å². The molecule has 0 saturated heterocycles. The number of pyridine rings is 1. The first-order chi connectivity index (χ1) is 8.59. The lowest BCUT2D eigenvalue weighted by Crippen LogP contribution is -2.14. The zero-order valence-electron chi connectivity index (χ0n) is 9.78. The third-order valence-corrected chi connectivity index (χ3v) is 2.53. The molecule has 2 rings (SSSR count). The van der Waals surface area contributed by atoms with Crippen LogP contribution in [0.2, 0.25) is 0 Å². The van der Waals surface area contributed by atoms with Crippen molar-refractivity contribution < 1.29 is 4.92 Å². The minimum Gasteiger partial charge on any atom is -0.384 e. The van der Waals surface area contributed by atoms with Gasteiger partial charge in [-0.2, -0.15) is 0 Å². The van der Waals surface area contributed by atoms with Crippen molar-refractivity contribution >= 4 is 23.0 Å². The Bertz CT molecular complexity index is 572. The summed E-state index contributed by atoms with van der Waals surface area (Å²) in [4.78, 5) is 16.2. The topological polar surface area (TPSA) is 85.3 Å². The van der Waals surface area contributed by atoms with Crippen molar-refractivity contribution in [3.63, 3.8) is 0 Å². The number of hydrogen-bond donors (Lipinski definition) is 1. The van der Waals surface area contributed by atoms with Crippen LogP contribution in [0.1, 0.15) is 0 Å². The van der Waals surface area contributed by atoms with Gasteiger partial charge in [-0.05, 0) is 18.2 Å². The Morgan fingerprint density at radius 2 is 1.89 bits per heavy atom. The van der Waals surface area contributed by atoms with Crippen LogP contribution in [0, 0.1) is 10.1 Å². The van der Waals surface area contributed by atoms with Gasteiger partial charge >= 0.3 is 5.69 Å². The van der Waals surface area contributed by atoms with Crippen LogP contribution in [0.25, 0.3) is 0 Å². The maximum Gasteiger partial charge on any atom is 0.312 e. The molecule has 0 saturated carbocycles. The van der Waals surface area contributed by atoms with Gasteiger partial charge < -0.3 is 10.6 Å². The fourth-order valence-corrected chi connectivity index (χ4v) is 1.62. The van der Waals surface area contributed by atoms with E-state index in [0.29, 0.717) is 0 Å². The van der Waals surface area contributed by atoms with Gasteiger partial charge in [0.2, 0.25) is 5.82 Å². The molecule has 0 aliphatic heterocycles. The van der Waals surface area contributed by atoms with E-state index in [2.05, 4.69) is 4.98 Å². The van der Waals surface area contributed by atoms with E-state index in [0.717, 1.165) is 5.69 Å². The van der Waals surface area contributed by atoms with Gasteiger partial charge in [-0.1, -0.05) is 18.2 Å². The molecule has 0 bridgehead atoms. The van der Waals surface area contributed by atoms with Crippen LogP contribution < -0.4 is 10.6 Å². The Morgan fingerprint density at radius 3 is 2.50 bits per heavy atom. The highest BCUT2D eigenvalue weighted by Crippen LogP contribution is 2.30. The Balaban J connectivity index is 2.50. The molecule has 0 fully saturated rings. The molecule has 0 radical (unpaired) electrons. The molecule has 6 nitrogen and oxygen atoms in total. The molecular formula is C12H12N4O2. The second kappa shape index (κ2) is 4.70. The van der Waals surface area contributed by atoms with Crippen molar-refractivity contribution in [3.05, 3.63) is 52.6 Å². The van der Waals surface area contributed by atoms with Gasteiger partial charge in [-0.15, -0.1) is 0 Å². The van der Waals surface area contributed by atoms with Crippen LogP contribution >= 0.6 is 0 Å². The minimum absolute atomic E-state index is 0.0736. The van der Waals surface area contributed by atoms with Crippen molar-refractivity contribution in [3.8, 4) is 0 Å². The Morgan fingerprint density at radius 1 is 1.22 bits per heavy atom. The van der Waals surface area contributed by atoms with E-state index in [1.807, 2.05) is 30.3 Å². The lowest BCUT2D eigenvalue weighted by molar-refractivity contribution is -0.384. The number of nitrogens with two attached hydrogens (primary N) is 1. The molecule has 0 aliphatic rings. The summed E-state index contributed by atoms with van der Waals surface area (Å²) in [7, 11) is 1.71. The zero-order valence-corrected chi connectivity index (χ0v) is 9.78. The lowest BCUT2D eigenvalue weighted by Gasteiger charge is -2.18. The lowest BCUT2D eigenvalue weighted by atomic mass is 10.3. The normalized spacial score (nSPS) is 10.1. The monoisotopic (exact) mass is 244 g/mol. The largest absolute Gasteiger partial charge is 0.384 e. The number of anilines is 3. The number of benzene rings is 1. The maximum absolute atomic E-state index is 11.0. The molecule has 6 heteroatoms. The zero-order chi connectivity index (χ0) is 13.1.